The SMILES string of the molecule is CCC1=NOC(CNC(=O)c2cc(Cl)c[nH]2)C1. The number of halogens is 1. The van der Waals surface area contributed by atoms with Crippen molar-refractivity contribution in [1.29, 1.82) is 0 Å². The highest BCUT2D eigenvalue weighted by atomic mass is 35.5. The Labute approximate surface area is 104 Å². The predicted molar refractivity (Wildman–Crippen MR) is 65.4 cm³/mol. The van der Waals surface area contributed by atoms with Gasteiger partial charge < -0.3 is 15.1 Å². The third-order valence-corrected chi connectivity index (χ3v) is 2.80. The maximum absolute atomic E-state index is 11.7. The van der Waals surface area contributed by atoms with Gasteiger partial charge in [0.25, 0.3) is 5.91 Å². The number of carbonyl (C=O) groups excluding carboxylic acids is 1. The van der Waals surface area contributed by atoms with Crippen LogP contribution in [0.1, 0.15) is 30.3 Å². The van der Waals surface area contributed by atoms with Crippen LogP contribution in [0.25, 0.3) is 0 Å². The first-order chi connectivity index (χ1) is 8.19. The Morgan fingerprint density at radius 3 is 3.18 bits per heavy atom. The van der Waals surface area contributed by atoms with Crippen LogP contribution in [-0.4, -0.2) is 29.3 Å². The number of amides is 1. The molecule has 1 aliphatic heterocycles. The number of hydrogen-bond acceptors (Lipinski definition) is 3. The largest absolute Gasteiger partial charge is 0.390 e. The Hall–Kier alpha value is -1.49. The normalized spacial score (nSPS) is 18.7. The average molecular weight is 256 g/mol. The quantitative estimate of drug-likeness (QED) is 0.864. The van der Waals surface area contributed by atoms with Gasteiger partial charge in [0, 0.05) is 12.6 Å². The van der Waals surface area contributed by atoms with E-state index in [9.17, 15) is 4.79 Å². The molecule has 1 aliphatic rings. The number of aromatic nitrogens is 1. The van der Waals surface area contributed by atoms with E-state index in [1.165, 1.54) is 0 Å². The summed E-state index contributed by atoms with van der Waals surface area (Å²) in [6, 6.07) is 1.58. The molecule has 2 rings (SSSR count). The molecule has 1 aromatic heterocycles. The Balaban J connectivity index is 1.78. The standard InChI is InChI=1S/C11H14ClN3O2/c1-2-8-4-9(17-15-8)6-14-11(16)10-3-7(12)5-13-10/h3,5,9,13H,2,4,6H2,1H3,(H,14,16). The van der Waals surface area contributed by atoms with Crippen LogP contribution in [0.15, 0.2) is 17.4 Å². The van der Waals surface area contributed by atoms with Crippen LogP contribution in [0.3, 0.4) is 0 Å². The fraction of sp³-hybridized carbons (Fsp3) is 0.455. The molecule has 1 unspecified atom stereocenters. The fourth-order valence-corrected chi connectivity index (χ4v) is 1.77. The molecule has 0 bridgehead atoms. The molecule has 1 atom stereocenters. The summed E-state index contributed by atoms with van der Waals surface area (Å²) in [5.74, 6) is -0.189. The van der Waals surface area contributed by atoms with E-state index in [4.69, 9.17) is 16.4 Å². The first-order valence-electron chi connectivity index (χ1n) is 5.52. The van der Waals surface area contributed by atoms with Crippen molar-refractivity contribution in [2.24, 2.45) is 5.16 Å². The summed E-state index contributed by atoms with van der Waals surface area (Å²) in [7, 11) is 0. The van der Waals surface area contributed by atoms with E-state index < -0.39 is 0 Å². The van der Waals surface area contributed by atoms with E-state index in [-0.39, 0.29) is 12.0 Å². The smallest absolute Gasteiger partial charge is 0.267 e. The van der Waals surface area contributed by atoms with Crippen LogP contribution in [0.4, 0.5) is 0 Å². The Bertz CT molecular complexity index is 442. The molecule has 0 spiro atoms. The molecule has 0 saturated carbocycles. The number of aromatic amines is 1. The zero-order valence-corrected chi connectivity index (χ0v) is 10.3. The van der Waals surface area contributed by atoms with Crippen molar-refractivity contribution in [3.8, 4) is 0 Å². The molecule has 0 aromatic carbocycles. The molecule has 1 amide bonds. The molecule has 0 fully saturated rings. The van der Waals surface area contributed by atoms with Gasteiger partial charge in [0.1, 0.15) is 11.8 Å². The third-order valence-electron chi connectivity index (χ3n) is 2.58. The summed E-state index contributed by atoms with van der Waals surface area (Å²) in [5, 5.41) is 7.22. The van der Waals surface area contributed by atoms with Crippen LogP contribution in [0.5, 0.6) is 0 Å². The first-order valence-corrected chi connectivity index (χ1v) is 5.90. The predicted octanol–water partition coefficient (Wildman–Crippen LogP) is 1.95. The van der Waals surface area contributed by atoms with E-state index in [0.29, 0.717) is 17.3 Å². The van der Waals surface area contributed by atoms with Crippen molar-refractivity contribution in [1.82, 2.24) is 10.3 Å². The number of nitrogens with zero attached hydrogens (tertiary/aromatic N) is 1. The van der Waals surface area contributed by atoms with Crippen molar-refractivity contribution >= 4 is 23.2 Å². The van der Waals surface area contributed by atoms with Gasteiger partial charge in [-0.3, -0.25) is 4.79 Å². The molecular formula is C11H14ClN3O2. The van der Waals surface area contributed by atoms with Crippen molar-refractivity contribution in [2.45, 2.75) is 25.9 Å². The highest BCUT2D eigenvalue weighted by Gasteiger charge is 2.20. The number of H-pyrrole nitrogens is 1. The zero-order valence-electron chi connectivity index (χ0n) is 9.50. The number of carbonyl (C=O) groups is 1. The highest BCUT2D eigenvalue weighted by Crippen LogP contribution is 2.12. The lowest BCUT2D eigenvalue weighted by molar-refractivity contribution is 0.0751. The van der Waals surface area contributed by atoms with Gasteiger partial charge in [-0.2, -0.15) is 0 Å². The highest BCUT2D eigenvalue weighted by molar-refractivity contribution is 6.30. The summed E-state index contributed by atoms with van der Waals surface area (Å²) < 4.78 is 0. The molecule has 0 saturated heterocycles. The van der Waals surface area contributed by atoms with Gasteiger partial charge in [0.05, 0.1) is 17.3 Å². The lowest BCUT2D eigenvalue weighted by atomic mass is 10.1. The molecule has 92 valence electrons. The Morgan fingerprint density at radius 2 is 2.59 bits per heavy atom. The lowest BCUT2D eigenvalue weighted by Gasteiger charge is -2.08. The Kier molecular flexibility index (Phi) is 3.68. The molecule has 0 radical (unpaired) electrons. The molecule has 5 nitrogen and oxygen atoms in total. The molecule has 2 N–H and O–H groups in total. The van der Waals surface area contributed by atoms with Crippen molar-refractivity contribution in [2.75, 3.05) is 6.54 Å². The van der Waals surface area contributed by atoms with Crippen LogP contribution in [0.2, 0.25) is 5.02 Å². The second-order valence-corrected chi connectivity index (χ2v) is 4.32. The Morgan fingerprint density at radius 1 is 1.76 bits per heavy atom. The average Bonchev–Trinajstić information content (AvgIpc) is 2.94. The van der Waals surface area contributed by atoms with Crippen LogP contribution in [0, 0.1) is 0 Å². The van der Waals surface area contributed by atoms with Crippen molar-refractivity contribution < 1.29 is 9.63 Å². The number of hydrogen-bond donors (Lipinski definition) is 2. The summed E-state index contributed by atoms with van der Waals surface area (Å²) in [6.07, 6.45) is 3.18. The van der Waals surface area contributed by atoms with E-state index in [0.717, 1.165) is 18.6 Å². The van der Waals surface area contributed by atoms with E-state index in [2.05, 4.69) is 15.5 Å². The molecule has 0 aliphatic carbocycles. The van der Waals surface area contributed by atoms with Crippen LogP contribution in [-0.2, 0) is 4.84 Å². The monoisotopic (exact) mass is 255 g/mol. The summed E-state index contributed by atoms with van der Waals surface area (Å²) >= 11 is 5.72. The minimum atomic E-state index is -0.189. The van der Waals surface area contributed by atoms with Crippen LogP contribution >= 0.6 is 11.6 Å². The maximum Gasteiger partial charge on any atom is 0.267 e. The van der Waals surface area contributed by atoms with Crippen LogP contribution < -0.4 is 5.32 Å². The molecule has 17 heavy (non-hydrogen) atoms. The fourth-order valence-electron chi connectivity index (χ4n) is 1.61. The van der Waals surface area contributed by atoms with E-state index in [1.807, 2.05) is 6.92 Å². The van der Waals surface area contributed by atoms with Gasteiger partial charge in [0.15, 0.2) is 0 Å². The van der Waals surface area contributed by atoms with Gasteiger partial charge in [-0.1, -0.05) is 23.7 Å². The summed E-state index contributed by atoms with van der Waals surface area (Å²) in [4.78, 5) is 19.6. The van der Waals surface area contributed by atoms with Gasteiger partial charge in [-0.25, -0.2) is 0 Å². The summed E-state index contributed by atoms with van der Waals surface area (Å²) in [6.45, 7) is 2.48. The number of nitrogens with one attached hydrogen (secondary N) is 2. The molecular weight excluding hydrogens is 242 g/mol. The van der Waals surface area contributed by atoms with Gasteiger partial charge in [-0.05, 0) is 12.5 Å². The van der Waals surface area contributed by atoms with E-state index in [1.54, 1.807) is 12.3 Å². The van der Waals surface area contributed by atoms with Crippen molar-refractivity contribution in [3.63, 3.8) is 0 Å². The second kappa shape index (κ2) is 5.23. The summed E-state index contributed by atoms with van der Waals surface area (Å²) in [5.41, 5.74) is 1.48. The van der Waals surface area contributed by atoms with Gasteiger partial charge >= 0.3 is 0 Å². The topological polar surface area (TPSA) is 66.5 Å². The zero-order chi connectivity index (χ0) is 12.3. The first kappa shape index (κ1) is 12.0. The number of oxime groups is 1. The van der Waals surface area contributed by atoms with Crippen molar-refractivity contribution in [3.05, 3.63) is 23.0 Å². The second-order valence-electron chi connectivity index (χ2n) is 3.88. The van der Waals surface area contributed by atoms with Gasteiger partial charge in [-0.15, -0.1) is 0 Å². The lowest BCUT2D eigenvalue weighted by Crippen LogP contribution is -2.32. The maximum atomic E-state index is 11.7. The molecule has 6 heteroatoms. The third kappa shape index (κ3) is 3.00. The molecule has 1 aromatic rings. The van der Waals surface area contributed by atoms with E-state index >= 15 is 0 Å². The minimum absolute atomic E-state index is 0.0562. The number of rotatable bonds is 4. The van der Waals surface area contributed by atoms with Gasteiger partial charge in [0.2, 0.25) is 0 Å². The molecule has 2 heterocycles. The minimum Gasteiger partial charge on any atom is -0.390 e.